The fraction of sp³-hybridized carbons (Fsp3) is 0.636. The molecule has 1 saturated carbocycles. The Morgan fingerprint density at radius 1 is 1.29 bits per heavy atom. The van der Waals surface area contributed by atoms with Crippen molar-refractivity contribution < 1.29 is 13.2 Å². The minimum absolute atomic E-state index is 0.139. The minimum atomic E-state index is -4.20. The number of nitrogens with one attached hydrogen (secondary N) is 1. The van der Waals surface area contributed by atoms with E-state index in [1.54, 1.807) is 13.8 Å². The maximum Gasteiger partial charge on any atom is 0.406 e. The molecule has 0 aromatic carbocycles. The predicted octanol–water partition coefficient (Wildman–Crippen LogP) is 2.53. The maximum absolute atomic E-state index is 12.8. The molecule has 3 nitrogen and oxygen atoms in total. The van der Waals surface area contributed by atoms with Crippen LogP contribution in [0.2, 0.25) is 0 Å². The number of hydrogen-bond donors (Lipinski definition) is 1. The fourth-order valence-electron chi connectivity index (χ4n) is 1.96. The Hall–Kier alpha value is -1.17. The first-order chi connectivity index (χ1) is 7.86. The lowest BCUT2D eigenvalue weighted by atomic mass is 10.1. The van der Waals surface area contributed by atoms with Crippen LogP contribution in [0.25, 0.3) is 0 Å². The molecule has 1 aromatic heterocycles. The number of aryl methyl sites for hydroxylation is 1. The van der Waals surface area contributed by atoms with Gasteiger partial charge in [0.25, 0.3) is 0 Å². The molecule has 1 heterocycles. The summed E-state index contributed by atoms with van der Waals surface area (Å²) in [6.45, 7) is 3.43. The highest BCUT2D eigenvalue weighted by Crippen LogP contribution is 2.50. The number of aromatic nitrogens is 2. The average molecular weight is 245 g/mol. The molecule has 0 bridgehead atoms. The van der Waals surface area contributed by atoms with E-state index in [2.05, 4.69) is 15.3 Å². The zero-order chi connectivity index (χ0) is 12.7. The van der Waals surface area contributed by atoms with Gasteiger partial charge in [-0.15, -0.1) is 0 Å². The quantitative estimate of drug-likeness (QED) is 0.889. The summed E-state index contributed by atoms with van der Waals surface area (Å²) >= 11 is 0. The molecule has 1 unspecified atom stereocenters. The van der Waals surface area contributed by atoms with E-state index >= 15 is 0 Å². The summed E-state index contributed by atoms with van der Waals surface area (Å²) < 4.78 is 38.3. The lowest BCUT2D eigenvalue weighted by Crippen LogP contribution is -2.46. The van der Waals surface area contributed by atoms with Crippen molar-refractivity contribution in [3.05, 3.63) is 23.8 Å². The van der Waals surface area contributed by atoms with E-state index < -0.39 is 17.8 Å². The Morgan fingerprint density at radius 3 is 2.35 bits per heavy atom. The molecule has 0 saturated heterocycles. The topological polar surface area (TPSA) is 37.8 Å². The van der Waals surface area contributed by atoms with Gasteiger partial charge in [0.15, 0.2) is 0 Å². The summed E-state index contributed by atoms with van der Waals surface area (Å²) in [7, 11) is 0. The molecular weight excluding hydrogens is 231 g/mol. The van der Waals surface area contributed by atoms with Gasteiger partial charge in [0, 0.05) is 18.4 Å². The molecule has 1 aromatic rings. The van der Waals surface area contributed by atoms with Gasteiger partial charge in [0.2, 0.25) is 0 Å². The van der Waals surface area contributed by atoms with Crippen molar-refractivity contribution in [2.75, 3.05) is 0 Å². The highest BCUT2D eigenvalue weighted by atomic mass is 19.4. The van der Waals surface area contributed by atoms with Crippen LogP contribution in [-0.2, 0) is 0 Å². The Balaban J connectivity index is 2.13. The summed E-state index contributed by atoms with van der Waals surface area (Å²) in [5, 5.41) is 2.64. The number of halogens is 3. The zero-order valence-electron chi connectivity index (χ0n) is 9.67. The van der Waals surface area contributed by atoms with Crippen LogP contribution in [0.1, 0.15) is 37.2 Å². The van der Waals surface area contributed by atoms with Crippen LogP contribution >= 0.6 is 0 Å². The normalized spacial score (nSPS) is 20.1. The molecule has 0 radical (unpaired) electrons. The van der Waals surface area contributed by atoms with Gasteiger partial charge in [-0.05, 0) is 26.7 Å². The van der Waals surface area contributed by atoms with Gasteiger partial charge in [0.1, 0.15) is 5.54 Å². The second kappa shape index (κ2) is 3.94. The van der Waals surface area contributed by atoms with E-state index in [0.717, 1.165) is 0 Å². The van der Waals surface area contributed by atoms with Gasteiger partial charge in [-0.3, -0.25) is 15.3 Å². The monoisotopic (exact) mass is 245 g/mol. The van der Waals surface area contributed by atoms with Gasteiger partial charge in [-0.1, -0.05) is 0 Å². The summed E-state index contributed by atoms with van der Waals surface area (Å²) in [4.78, 5) is 8.11. The number of nitrogens with zero attached hydrogens (tertiary/aromatic N) is 2. The van der Waals surface area contributed by atoms with E-state index in [0.29, 0.717) is 11.4 Å². The molecule has 1 aliphatic rings. The second-order valence-electron chi connectivity index (χ2n) is 4.47. The smallest absolute Gasteiger partial charge is 0.295 e. The van der Waals surface area contributed by atoms with Crippen LogP contribution in [0.4, 0.5) is 13.2 Å². The van der Waals surface area contributed by atoms with Crippen molar-refractivity contribution in [1.82, 2.24) is 15.3 Å². The van der Waals surface area contributed by atoms with Gasteiger partial charge < -0.3 is 0 Å². The van der Waals surface area contributed by atoms with E-state index in [9.17, 15) is 13.2 Å². The Morgan fingerprint density at radius 2 is 1.88 bits per heavy atom. The molecule has 1 aliphatic carbocycles. The van der Waals surface area contributed by atoms with Crippen LogP contribution in [0.5, 0.6) is 0 Å². The highest BCUT2D eigenvalue weighted by Gasteiger charge is 2.63. The van der Waals surface area contributed by atoms with Gasteiger partial charge in [-0.25, -0.2) is 0 Å². The molecular formula is C11H14F3N3. The van der Waals surface area contributed by atoms with Gasteiger partial charge >= 0.3 is 6.18 Å². The summed E-state index contributed by atoms with van der Waals surface area (Å²) in [6.07, 6.45) is -0.895. The molecule has 0 amide bonds. The van der Waals surface area contributed by atoms with Gasteiger partial charge in [-0.2, -0.15) is 13.2 Å². The van der Waals surface area contributed by atoms with Crippen molar-refractivity contribution >= 4 is 0 Å². The van der Waals surface area contributed by atoms with E-state index in [-0.39, 0.29) is 12.8 Å². The summed E-state index contributed by atoms with van der Waals surface area (Å²) in [5.74, 6) is 0. The molecule has 2 rings (SSSR count). The average Bonchev–Trinajstić information content (AvgIpc) is 2.98. The molecule has 1 fully saturated rings. The first-order valence-electron chi connectivity index (χ1n) is 5.48. The van der Waals surface area contributed by atoms with Crippen molar-refractivity contribution in [3.8, 4) is 0 Å². The van der Waals surface area contributed by atoms with Crippen LogP contribution in [0, 0.1) is 6.92 Å². The number of rotatable bonds is 3. The van der Waals surface area contributed by atoms with Crippen molar-refractivity contribution in [3.63, 3.8) is 0 Å². The van der Waals surface area contributed by atoms with Crippen LogP contribution in [0.15, 0.2) is 12.4 Å². The highest BCUT2D eigenvalue weighted by molar-refractivity contribution is 5.17. The Kier molecular flexibility index (Phi) is 2.85. The molecule has 1 N–H and O–H groups in total. The molecule has 1 atom stereocenters. The maximum atomic E-state index is 12.8. The van der Waals surface area contributed by atoms with E-state index in [1.165, 1.54) is 12.4 Å². The lowest BCUT2D eigenvalue weighted by molar-refractivity contribution is -0.167. The SMILES string of the molecule is Cc1nccnc1C(C)NC1(C(F)(F)F)CC1. The number of alkyl halides is 3. The predicted molar refractivity (Wildman–Crippen MR) is 56.3 cm³/mol. The standard InChI is InChI=1S/C11H14F3N3/c1-7-9(16-6-5-15-7)8(2)17-10(3-4-10)11(12,13)14/h5-6,8,17H,3-4H2,1-2H3. The van der Waals surface area contributed by atoms with E-state index in [1.807, 2.05) is 0 Å². The van der Waals surface area contributed by atoms with Crippen LogP contribution in [0.3, 0.4) is 0 Å². The van der Waals surface area contributed by atoms with Gasteiger partial charge in [0.05, 0.1) is 11.4 Å². The molecule has 6 heteroatoms. The van der Waals surface area contributed by atoms with Crippen molar-refractivity contribution in [2.45, 2.75) is 44.4 Å². The summed E-state index contributed by atoms with van der Waals surface area (Å²) in [5.41, 5.74) is -0.482. The van der Waals surface area contributed by atoms with Crippen LogP contribution < -0.4 is 5.32 Å². The second-order valence-corrected chi connectivity index (χ2v) is 4.47. The molecule has 17 heavy (non-hydrogen) atoms. The fourth-order valence-corrected chi connectivity index (χ4v) is 1.96. The van der Waals surface area contributed by atoms with Crippen molar-refractivity contribution in [1.29, 1.82) is 0 Å². The molecule has 0 aliphatic heterocycles. The minimum Gasteiger partial charge on any atom is -0.295 e. The Labute approximate surface area is 97.5 Å². The van der Waals surface area contributed by atoms with Crippen molar-refractivity contribution in [2.24, 2.45) is 0 Å². The Bertz CT molecular complexity index is 413. The third-order valence-corrected chi connectivity index (χ3v) is 3.11. The first kappa shape index (κ1) is 12.3. The van der Waals surface area contributed by atoms with E-state index in [4.69, 9.17) is 0 Å². The zero-order valence-corrected chi connectivity index (χ0v) is 9.67. The van der Waals surface area contributed by atoms with Crippen LogP contribution in [-0.4, -0.2) is 21.7 Å². The third kappa shape index (κ3) is 2.26. The largest absolute Gasteiger partial charge is 0.406 e. The molecule has 94 valence electrons. The first-order valence-corrected chi connectivity index (χ1v) is 5.48. The number of hydrogen-bond acceptors (Lipinski definition) is 3. The lowest BCUT2D eigenvalue weighted by Gasteiger charge is -2.25. The molecule has 0 spiro atoms. The third-order valence-electron chi connectivity index (χ3n) is 3.11. The summed E-state index contributed by atoms with van der Waals surface area (Å²) in [6, 6.07) is -0.451.